The van der Waals surface area contributed by atoms with Crippen molar-refractivity contribution in [3.63, 3.8) is 0 Å². The molecular formula is C47H96ClN3O3. The van der Waals surface area contributed by atoms with Crippen LogP contribution in [0, 0.1) is 11.8 Å². The first-order valence-corrected chi connectivity index (χ1v) is 23.7. The largest absolute Gasteiger partial charge is 1.00 e. The molecule has 324 valence electrons. The predicted octanol–water partition coefficient (Wildman–Crippen LogP) is 9.46. The Labute approximate surface area is 344 Å². The molecule has 54 heavy (non-hydrogen) atoms. The quantitative estimate of drug-likeness (QED) is 0.0427. The van der Waals surface area contributed by atoms with E-state index in [-0.39, 0.29) is 30.8 Å². The van der Waals surface area contributed by atoms with E-state index in [1.807, 2.05) is 0 Å². The highest BCUT2D eigenvalue weighted by Gasteiger charge is 2.20. The van der Waals surface area contributed by atoms with Crippen LogP contribution in [-0.2, 0) is 9.59 Å². The fourth-order valence-electron chi connectivity index (χ4n) is 7.71. The van der Waals surface area contributed by atoms with Gasteiger partial charge in [-0.15, -0.1) is 0 Å². The fraction of sp³-hybridized carbons (Fsp3) is 0.957. The number of rotatable bonds is 42. The summed E-state index contributed by atoms with van der Waals surface area (Å²) in [6.07, 6.45) is 39.6. The molecule has 0 aliphatic rings. The summed E-state index contributed by atoms with van der Waals surface area (Å²) in [4.78, 5) is 24.9. The third-order valence-corrected chi connectivity index (χ3v) is 11.4. The first-order valence-electron chi connectivity index (χ1n) is 23.7. The summed E-state index contributed by atoms with van der Waals surface area (Å²) in [6.45, 7) is 14.1. The number of hydrogen-bond acceptors (Lipinski definition) is 3. The molecule has 0 aliphatic carbocycles. The Hall–Kier alpha value is -0.850. The zero-order chi connectivity index (χ0) is 39.1. The van der Waals surface area contributed by atoms with Crippen molar-refractivity contribution in [3.8, 4) is 0 Å². The lowest BCUT2D eigenvalue weighted by atomic mass is 10.0. The summed E-state index contributed by atoms with van der Waals surface area (Å²) in [6, 6.07) is 0. The molecule has 0 heterocycles. The zero-order valence-electron chi connectivity index (χ0n) is 37.1. The summed E-state index contributed by atoms with van der Waals surface area (Å²) in [5.41, 5.74) is 0. The highest BCUT2D eigenvalue weighted by molar-refractivity contribution is 5.76. The minimum Gasteiger partial charge on any atom is -1.00 e. The van der Waals surface area contributed by atoms with Crippen molar-refractivity contribution in [1.82, 2.24) is 10.6 Å². The highest BCUT2D eigenvalue weighted by Crippen LogP contribution is 2.16. The van der Waals surface area contributed by atoms with Crippen molar-refractivity contribution in [2.45, 2.75) is 233 Å². The normalized spacial score (nSPS) is 11.7. The van der Waals surface area contributed by atoms with E-state index in [0.717, 1.165) is 87.6 Å². The molecule has 0 atom stereocenters. The molecule has 0 fully saturated rings. The zero-order valence-corrected chi connectivity index (χ0v) is 37.9. The van der Waals surface area contributed by atoms with Crippen LogP contribution in [0.15, 0.2) is 0 Å². The van der Waals surface area contributed by atoms with Gasteiger partial charge < -0.3 is 32.6 Å². The second kappa shape index (κ2) is 41.8. The standard InChI is InChI=1S/C47H95N3O3.ClH/c1-44(2)34-26-22-18-14-10-6-8-12-16-20-24-28-36-46(52)48-38-32-41-50(5,40-30-31-43-51)42-33-39-49-47(53)37-29-25-21-17-13-9-7-11-15-19-23-27-35-45(3)4;/h44-45,51H,6-43H2,1-5H3,(H-,48,49,52,53);1H. The predicted molar refractivity (Wildman–Crippen MR) is 231 cm³/mol. The first-order chi connectivity index (χ1) is 25.7. The summed E-state index contributed by atoms with van der Waals surface area (Å²) in [7, 11) is 2.30. The molecule has 0 rings (SSSR count). The van der Waals surface area contributed by atoms with Gasteiger partial charge in [0, 0.05) is 45.4 Å². The summed E-state index contributed by atoms with van der Waals surface area (Å²) in [5, 5.41) is 15.6. The van der Waals surface area contributed by atoms with Crippen molar-refractivity contribution in [3.05, 3.63) is 0 Å². The number of nitrogens with one attached hydrogen (secondary N) is 2. The molecule has 0 aliphatic heterocycles. The molecule has 0 bridgehead atoms. The molecular weight excluding hydrogens is 690 g/mol. The van der Waals surface area contributed by atoms with Crippen LogP contribution in [0.1, 0.15) is 233 Å². The number of halogens is 1. The Morgan fingerprint density at radius 2 is 0.704 bits per heavy atom. The van der Waals surface area contributed by atoms with Crippen LogP contribution in [0.5, 0.6) is 0 Å². The van der Waals surface area contributed by atoms with E-state index in [1.54, 1.807) is 0 Å². The van der Waals surface area contributed by atoms with Gasteiger partial charge in [-0.2, -0.15) is 0 Å². The van der Waals surface area contributed by atoms with Gasteiger partial charge in [0.25, 0.3) is 0 Å². The van der Waals surface area contributed by atoms with Gasteiger partial charge in [-0.05, 0) is 37.5 Å². The average Bonchev–Trinajstić information content (AvgIpc) is 3.12. The number of nitrogens with zero attached hydrogens (tertiary/aromatic N) is 1. The first kappa shape index (κ1) is 55.2. The van der Waals surface area contributed by atoms with Gasteiger partial charge >= 0.3 is 0 Å². The molecule has 0 spiro atoms. The molecule has 0 aromatic carbocycles. The minimum absolute atomic E-state index is 0. The van der Waals surface area contributed by atoms with Gasteiger partial charge in [-0.3, -0.25) is 9.59 Å². The highest BCUT2D eigenvalue weighted by atomic mass is 35.5. The van der Waals surface area contributed by atoms with Crippen LogP contribution in [0.25, 0.3) is 0 Å². The fourth-order valence-corrected chi connectivity index (χ4v) is 7.71. The lowest BCUT2D eigenvalue weighted by molar-refractivity contribution is -0.910. The molecule has 0 saturated heterocycles. The van der Waals surface area contributed by atoms with Gasteiger partial charge in [-0.25, -0.2) is 0 Å². The van der Waals surface area contributed by atoms with E-state index < -0.39 is 0 Å². The monoisotopic (exact) mass is 786 g/mol. The van der Waals surface area contributed by atoms with Gasteiger partial charge in [0.1, 0.15) is 0 Å². The van der Waals surface area contributed by atoms with Crippen LogP contribution < -0.4 is 23.0 Å². The van der Waals surface area contributed by atoms with Crippen LogP contribution in [0.2, 0.25) is 0 Å². The van der Waals surface area contributed by atoms with Gasteiger partial charge in [0.05, 0.1) is 26.7 Å². The molecule has 7 heteroatoms. The topological polar surface area (TPSA) is 78.4 Å². The lowest BCUT2D eigenvalue weighted by Gasteiger charge is -2.35. The SMILES string of the molecule is CC(C)CCCCCCCCCCCCCCC(=O)NCCC[N+](C)(CCCCO)CCCNC(=O)CCCCCCCCCCCCCCC(C)C.[Cl-]. The summed E-state index contributed by atoms with van der Waals surface area (Å²) >= 11 is 0. The van der Waals surface area contributed by atoms with E-state index in [9.17, 15) is 14.7 Å². The number of carbonyl (C=O) groups excluding carboxylic acids is 2. The Morgan fingerprint density at radius 1 is 0.426 bits per heavy atom. The second-order valence-corrected chi connectivity index (χ2v) is 18.0. The number of aliphatic hydroxyl groups excluding tert-OH is 1. The van der Waals surface area contributed by atoms with E-state index >= 15 is 0 Å². The van der Waals surface area contributed by atoms with Crippen LogP contribution >= 0.6 is 0 Å². The minimum atomic E-state index is 0. The van der Waals surface area contributed by atoms with E-state index in [4.69, 9.17) is 0 Å². The summed E-state index contributed by atoms with van der Waals surface area (Å²) in [5.74, 6) is 2.10. The van der Waals surface area contributed by atoms with Crippen molar-refractivity contribution >= 4 is 11.8 Å². The van der Waals surface area contributed by atoms with Crippen molar-refractivity contribution in [2.75, 3.05) is 46.4 Å². The number of amides is 2. The average molecular weight is 787 g/mol. The Kier molecular flexibility index (Phi) is 42.7. The van der Waals surface area contributed by atoms with Gasteiger partial charge in [0.2, 0.25) is 11.8 Å². The van der Waals surface area contributed by atoms with Gasteiger partial charge in [-0.1, -0.05) is 182 Å². The molecule has 0 saturated carbocycles. The Bertz CT molecular complexity index is 738. The number of quaternary nitrogens is 1. The third kappa shape index (κ3) is 42.3. The molecule has 0 radical (unpaired) electrons. The second-order valence-electron chi connectivity index (χ2n) is 18.0. The smallest absolute Gasteiger partial charge is 0.219 e. The molecule has 0 aromatic rings. The van der Waals surface area contributed by atoms with Crippen LogP contribution in [0.3, 0.4) is 0 Å². The maximum absolute atomic E-state index is 12.4. The Balaban J connectivity index is 0. The van der Waals surface area contributed by atoms with Crippen molar-refractivity contribution < 1.29 is 31.6 Å². The maximum Gasteiger partial charge on any atom is 0.219 e. The molecule has 6 nitrogen and oxygen atoms in total. The number of carbonyl (C=O) groups is 2. The Morgan fingerprint density at radius 3 is 1.00 bits per heavy atom. The van der Waals surface area contributed by atoms with Gasteiger partial charge in [0.15, 0.2) is 0 Å². The molecule has 2 amide bonds. The van der Waals surface area contributed by atoms with E-state index in [1.165, 1.54) is 154 Å². The number of hydrogen-bond donors (Lipinski definition) is 3. The molecule has 3 N–H and O–H groups in total. The lowest BCUT2D eigenvalue weighted by Crippen LogP contribution is -3.00. The van der Waals surface area contributed by atoms with E-state index in [0.29, 0.717) is 12.8 Å². The van der Waals surface area contributed by atoms with E-state index in [2.05, 4.69) is 45.4 Å². The maximum atomic E-state index is 12.4. The van der Waals surface area contributed by atoms with Crippen molar-refractivity contribution in [1.29, 1.82) is 0 Å². The third-order valence-electron chi connectivity index (χ3n) is 11.4. The summed E-state index contributed by atoms with van der Waals surface area (Å²) < 4.78 is 0.933. The number of aliphatic hydroxyl groups is 1. The van der Waals surface area contributed by atoms with Crippen molar-refractivity contribution in [2.24, 2.45) is 11.8 Å². The van der Waals surface area contributed by atoms with Crippen LogP contribution in [0.4, 0.5) is 0 Å². The van der Waals surface area contributed by atoms with Crippen LogP contribution in [-0.4, -0.2) is 67.8 Å². The molecule has 0 aromatic heterocycles. The molecule has 0 unspecified atom stereocenters. The number of unbranched alkanes of at least 4 members (excludes halogenated alkanes) is 23.